The Balaban J connectivity index is 2.05. The first kappa shape index (κ1) is 11.9. The maximum atomic E-state index is 11.9. The van der Waals surface area contributed by atoms with Crippen molar-refractivity contribution in [1.82, 2.24) is 5.32 Å². The fourth-order valence-corrected chi connectivity index (χ4v) is 2.36. The summed E-state index contributed by atoms with van der Waals surface area (Å²) in [6.45, 7) is 0. The molecule has 1 aromatic carbocycles. The molecule has 2 rings (SSSR count). The molecule has 3 nitrogen and oxygen atoms in total. The van der Waals surface area contributed by atoms with Gasteiger partial charge in [-0.3, -0.25) is 4.79 Å². The van der Waals surface area contributed by atoms with E-state index in [1.54, 1.807) is 24.3 Å². The van der Waals surface area contributed by atoms with Crippen LogP contribution < -0.4 is 5.32 Å². The van der Waals surface area contributed by atoms with E-state index in [1.807, 2.05) is 0 Å². The number of nitriles is 1. The SMILES string of the molecule is N#CC1CCCC1NC(=O)c1cccc(Cl)c1. The first-order valence-electron chi connectivity index (χ1n) is 5.67. The Morgan fingerprint density at radius 3 is 3.00 bits per heavy atom. The second-order valence-corrected chi connectivity index (χ2v) is 4.69. The fraction of sp³-hybridized carbons (Fsp3) is 0.385. The maximum Gasteiger partial charge on any atom is 0.251 e. The lowest BCUT2D eigenvalue weighted by molar-refractivity contribution is 0.0933. The molecule has 4 heteroatoms. The summed E-state index contributed by atoms with van der Waals surface area (Å²) < 4.78 is 0. The van der Waals surface area contributed by atoms with E-state index < -0.39 is 0 Å². The van der Waals surface area contributed by atoms with Crippen LogP contribution in [-0.2, 0) is 0 Å². The zero-order valence-electron chi connectivity index (χ0n) is 9.32. The molecule has 1 N–H and O–H groups in total. The van der Waals surface area contributed by atoms with Crippen molar-refractivity contribution in [3.05, 3.63) is 34.9 Å². The third kappa shape index (κ3) is 2.78. The topological polar surface area (TPSA) is 52.9 Å². The number of halogens is 1. The highest BCUT2D eigenvalue weighted by molar-refractivity contribution is 6.30. The number of hydrogen-bond donors (Lipinski definition) is 1. The number of hydrogen-bond acceptors (Lipinski definition) is 2. The lowest BCUT2D eigenvalue weighted by Gasteiger charge is -2.15. The van der Waals surface area contributed by atoms with Crippen molar-refractivity contribution in [3.63, 3.8) is 0 Å². The summed E-state index contributed by atoms with van der Waals surface area (Å²) in [5.41, 5.74) is 0.543. The Morgan fingerprint density at radius 1 is 1.47 bits per heavy atom. The highest BCUT2D eigenvalue weighted by Gasteiger charge is 2.28. The first-order chi connectivity index (χ1) is 8.20. The minimum absolute atomic E-state index is 0.0218. The van der Waals surface area contributed by atoms with Crippen molar-refractivity contribution < 1.29 is 4.79 Å². The normalized spacial score (nSPS) is 23.1. The zero-order valence-corrected chi connectivity index (χ0v) is 10.1. The molecule has 17 heavy (non-hydrogen) atoms. The van der Waals surface area contributed by atoms with E-state index >= 15 is 0 Å². The number of nitrogens with one attached hydrogen (secondary N) is 1. The van der Waals surface area contributed by atoms with Gasteiger partial charge in [0, 0.05) is 16.6 Å². The summed E-state index contributed by atoms with van der Waals surface area (Å²) in [4.78, 5) is 11.9. The number of rotatable bonds is 2. The van der Waals surface area contributed by atoms with Gasteiger partial charge in [0.25, 0.3) is 5.91 Å². The van der Waals surface area contributed by atoms with Crippen molar-refractivity contribution >= 4 is 17.5 Å². The van der Waals surface area contributed by atoms with E-state index in [0.717, 1.165) is 19.3 Å². The summed E-state index contributed by atoms with van der Waals surface area (Å²) in [6.07, 6.45) is 2.75. The van der Waals surface area contributed by atoms with E-state index in [4.69, 9.17) is 16.9 Å². The number of carbonyl (C=O) groups is 1. The molecule has 0 saturated heterocycles. The average molecular weight is 249 g/mol. The summed E-state index contributed by atoms with van der Waals surface area (Å²) in [5, 5.41) is 12.4. The van der Waals surface area contributed by atoms with E-state index in [-0.39, 0.29) is 17.9 Å². The lowest BCUT2D eigenvalue weighted by Crippen LogP contribution is -2.36. The second kappa shape index (κ2) is 5.20. The minimum Gasteiger partial charge on any atom is -0.348 e. The molecule has 0 heterocycles. The Hall–Kier alpha value is -1.53. The summed E-state index contributed by atoms with van der Waals surface area (Å²) in [7, 11) is 0. The van der Waals surface area contributed by atoms with Gasteiger partial charge in [-0.05, 0) is 37.5 Å². The van der Waals surface area contributed by atoms with Crippen LogP contribution in [0.2, 0.25) is 5.02 Å². The van der Waals surface area contributed by atoms with Gasteiger partial charge in [-0.1, -0.05) is 17.7 Å². The van der Waals surface area contributed by atoms with Gasteiger partial charge in [-0.15, -0.1) is 0 Å². The van der Waals surface area contributed by atoms with Gasteiger partial charge in [-0.25, -0.2) is 0 Å². The van der Waals surface area contributed by atoms with Gasteiger partial charge in [0.05, 0.1) is 12.0 Å². The fourth-order valence-electron chi connectivity index (χ4n) is 2.17. The van der Waals surface area contributed by atoms with Crippen LogP contribution in [0, 0.1) is 17.2 Å². The second-order valence-electron chi connectivity index (χ2n) is 4.26. The summed E-state index contributed by atoms with van der Waals surface area (Å²) >= 11 is 5.83. The van der Waals surface area contributed by atoms with Crippen molar-refractivity contribution in [2.75, 3.05) is 0 Å². The number of amides is 1. The van der Waals surface area contributed by atoms with Crippen LogP contribution in [0.3, 0.4) is 0 Å². The minimum atomic E-state index is -0.153. The third-order valence-electron chi connectivity index (χ3n) is 3.09. The molecule has 1 aliphatic carbocycles. The van der Waals surface area contributed by atoms with Crippen molar-refractivity contribution in [2.45, 2.75) is 25.3 Å². The van der Waals surface area contributed by atoms with Gasteiger partial charge < -0.3 is 5.32 Å². The van der Waals surface area contributed by atoms with Crippen LogP contribution in [0.5, 0.6) is 0 Å². The third-order valence-corrected chi connectivity index (χ3v) is 3.32. The van der Waals surface area contributed by atoms with E-state index in [2.05, 4.69) is 11.4 Å². The predicted octanol–water partition coefficient (Wildman–Crippen LogP) is 2.76. The monoisotopic (exact) mass is 248 g/mol. The van der Waals surface area contributed by atoms with Crippen molar-refractivity contribution in [1.29, 1.82) is 5.26 Å². The van der Waals surface area contributed by atoms with E-state index in [1.165, 1.54) is 0 Å². The van der Waals surface area contributed by atoms with Gasteiger partial charge in [-0.2, -0.15) is 5.26 Å². The molecule has 0 radical (unpaired) electrons. The van der Waals surface area contributed by atoms with Crippen LogP contribution in [-0.4, -0.2) is 11.9 Å². The van der Waals surface area contributed by atoms with E-state index in [9.17, 15) is 4.79 Å². The first-order valence-corrected chi connectivity index (χ1v) is 6.04. The molecular weight excluding hydrogens is 236 g/mol. The molecule has 1 aromatic rings. The van der Waals surface area contributed by atoms with Crippen LogP contribution in [0.1, 0.15) is 29.6 Å². The molecule has 0 bridgehead atoms. The molecule has 0 aromatic heterocycles. The lowest BCUT2D eigenvalue weighted by atomic mass is 10.1. The molecular formula is C13H13ClN2O. The van der Waals surface area contributed by atoms with Crippen molar-refractivity contribution in [3.8, 4) is 6.07 Å². The molecule has 1 fully saturated rings. The number of carbonyl (C=O) groups excluding carboxylic acids is 1. The molecule has 2 unspecified atom stereocenters. The van der Waals surface area contributed by atoms with E-state index in [0.29, 0.717) is 10.6 Å². The Kier molecular flexibility index (Phi) is 3.65. The van der Waals surface area contributed by atoms with Crippen LogP contribution in [0.4, 0.5) is 0 Å². The summed E-state index contributed by atoms with van der Waals surface area (Å²) in [6, 6.07) is 9.04. The standard InChI is InChI=1S/C13H13ClN2O/c14-11-5-1-3-9(7-11)13(17)16-12-6-2-4-10(12)8-15/h1,3,5,7,10,12H,2,4,6H2,(H,16,17). The molecule has 2 atom stereocenters. The van der Waals surface area contributed by atoms with Gasteiger partial charge in [0.1, 0.15) is 0 Å². The molecule has 0 spiro atoms. The smallest absolute Gasteiger partial charge is 0.251 e. The quantitative estimate of drug-likeness (QED) is 0.875. The van der Waals surface area contributed by atoms with Crippen molar-refractivity contribution in [2.24, 2.45) is 5.92 Å². The predicted molar refractivity (Wildman–Crippen MR) is 65.7 cm³/mol. The van der Waals surface area contributed by atoms with Gasteiger partial charge >= 0.3 is 0 Å². The molecule has 1 saturated carbocycles. The Morgan fingerprint density at radius 2 is 2.29 bits per heavy atom. The Labute approximate surface area is 105 Å². The van der Waals surface area contributed by atoms with Gasteiger partial charge in [0.2, 0.25) is 0 Å². The average Bonchev–Trinajstić information content (AvgIpc) is 2.76. The molecule has 1 aliphatic rings. The van der Waals surface area contributed by atoms with Gasteiger partial charge in [0.15, 0.2) is 0 Å². The van der Waals surface area contributed by atoms with Crippen LogP contribution >= 0.6 is 11.6 Å². The maximum absolute atomic E-state index is 11.9. The van der Waals surface area contributed by atoms with Crippen LogP contribution in [0.15, 0.2) is 24.3 Å². The Bertz CT molecular complexity index is 467. The zero-order chi connectivity index (χ0) is 12.3. The molecule has 1 amide bonds. The molecule has 88 valence electrons. The molecule has 0 aliphatic heterocycles. The number of benzene rings is 1. The highest BCUT2D eigenvalue weighted by atomic mass is 35.5. The largest absolute Gasteiger partial charge is 0.348 e. The summed E-state index contributed by atoms with van der Waals surface area (Å²) in [5.74, 6) is -0.210. The van der Waals surface area contributed by atoms with Crippen LogP contribution in [0.25, 0.3) is 0 Å². The highest BCUT2D eigenvalue weighted by Crippen LogP contribution is 2.25. The number of nitrogens with zero attached hydrogens (tertiary/aromatic N) is 1.